The molecule has 0 aromatic heterocycles. The first-order valence-corrected chi connectivity index (χ1v) is 7.29. The lowest BCUT2D eigenvalue weighted by Gasteiger charge is -2.41. The summed E-state index contributed by atoms with van der Waals surface area (Å²) in [4.78, 5) is 0. The number of rotatable bonds is 6. The Labute approximate surface area is 111 Å². The molecule has 1 aliphatic rings. The van der Waals surface area contributed by atoms with Gasteiger partial charge < -0.3 is 11.1 Å². The number of nitrogens with one attached hydrogen (secondary N) is 1. The summed E-state index contributed by atoms with van der Waals surface area (Å²) in [6, 6.07) is 6.64. The van der Waals surface area contributed by atoms with Crippen molar-refractivity contribution < 1.29 is 0 Å². The van der Waals surface area contributed by atoms with Gasteiger partial charge in [0.05, 0.1) is 0 Å². The summed E-state index contributed by atoms with van der Waals surface area (Å²) in [5.74, 6) is 0. The van der Waals surface area contributed by atoms with Gasteiger partial charge in [0.1, 0.15) is 0 Å². The first kappa shape index (κ1) is 13.4. The molecule has 2 rings (SSSR count). The van der Waals surface area contributed by atoms with Crippen molar-refractivity contribution in [2.24, 2.45) is 11.1 Å². The van der Waals surface area contributed by atoms with Crippen LogP contribution in [-0.4, -0.2) is 13.1 Å². The molecule has 0 bridgehead atoms. The fourth-order valence-corrected chi connectivity index (χ4v) is 2.88. The highest BCUT2D eigenvalue weighted by Crippen LogP contribution is 2.40. The van der Waals surface area contributed by atoms with E-state index in [1.165, 1.54) is 36.1 Å². The Bertz CT molecular complexity index is 366. The first-order valence-electron chi connectivity index (χ1n) is 7.29. The molecule has 0 aliphatic heterocycles. The molecule has 3 N–H and O–H groups in total. The van der Waals surface area contributed by atoms with Crippen LogP contribution in [0.4, 0.5) is 5.69 Å². The molecule has 0 amide bonds. The van der Waals surface area contributed by atoms with E-state index in [-0.39, 0.29) is 0 Å². The van der Waals surface area contributed by atoms with Gasteiger partial charge in [-0.1, -0.05) is 38.5 Å². The molecule has 2 heteroatoms. The average molecular weight is 246 g/mol. The fraction of sp³-hybridized carbons (Fsp3) is 0.625. The predicted molar refractivity (Wildman–Crippen MR) is 79.0 cm³/mol. The molecule has 100 valence electrons. The van der Waals surface area contributed by atoms with Gasteiger partial charge in [0.2, 0.25) is 0 Å². The van der Waals surface area contributed by atoms with Crippen LogP contribution in [0.5, 0.6) is 0 Å². The van der Waals surface area contributed by atoms with Crippen molar-refractivity contribution in [2.45, 2.75) is 46.0 Å². The minimum atomic E-state index is 0.367. The van der Waals surface area contributed by atoms with Crippen LogP contribution < -0.4 is 11.1 Å². The second kappa shape index (κ2) is 5.75. The Morgan fingerprint density at radius 3 is 2.17 bits per heavy atom. The molecular formula is C16H26N2. The van der Waals surface area contributed by atoms with Crippen LogP contribution in [0.25, 0.3) is 0 Å². The molecule has 0 radical (unpaired) electrons. The van der Waals surface area contributed by atoms with Gasteiger partial charge in [-0.15, -0.1) is 0 Å². The molecule has 18 heavy (non-hydrogen) atoms. The third-order valence-corrected chi connectivity index (χ3v) is 4.49. The van der Waals surface area contributed by atoms with Crippen LogP contribution in [0.1, 0.15) is 44.2 Å². The van der Waals surface area contributed by atoms with Crippen LogP contribution in [0.3, 0.4) is 0 Å². The quantitative estimate of drug-likeness (QED) is 0.808. The Hall–Kier alpha value is -1.02. The summed E-state index contributed by atoms with van der Waals surface area (Å²) in [5.41, 5.74) is 10.5. The summed E-state index contributed by atoms with van der Waals surface area (Å²) < 4.78 is 0. The molecule has 1 fully saturated rings. The highest BCUT2D eigenvalue weighted by Gasteiger charge is 2.35. The second-order valence-corrected chi connectivity index (χ2v) is 5.57. The number of hydrogen-bond acceptors (Lipinski definition) is 2. The van der Waals surface area contributed by atoms with Crippen molar-refractivity contribution in [3.63, 3.8) is 0 Å². The normalized spacial score (nSPS) is 17.3. The van der Waals surface area contributed by atoms with Crippen molar-refractivity contribution in [3.8, 4) is 0 Å². The zero-order valence-corrected chi connectivity index (χ0v) is 11.8. The van der Waals surface area contributed by atoms with E-state index in [4.69, 9.17) is 5.73 Å². The lowest BCUT2D eigenvalue weighted by molar-refractivity contribution is 0.163. The molecule has 0 saturated heterocycles. The number of benzene rings is 1. The molecule has 1 aliphatic carbocycles. The molecule has 0 spiro atoms. The van der Waals surface area contributed by atoms with Crippen molar-refractivity contribution >= 4 is 5.69 Å². The molecule has 1 aromatic rings. The summed E-state index contributed by atoms with van der Waals surface area (Å²) in [6.07, 6.45) is 6.09. The van der Waals surface area contributed by atoms with Crippen molar-refractivity contribution in [2.75, 3.05) is 18.4 Å². The first-order chi connectivity index (χ1) is 8.74. The number of aryl methyl sites for hydroxylation is 2. The molecule has 0 heterocycles. The predicted octanol–water partition coefficient (Wildman–Crippen LogP) is 3.35. The summed E-state index contributed by atoms with van der Waals surface area (Å²) >= 11 is 0. The van der Waals surface area contributed by atoms with Gasteiger partial charge in [-0.3, -0.25) is 0 Å². The van der Waals surface area contributed by atoms with Crippen molar-refractivity contribution in [1.29, 1.82) is 0 Å². The average Bonchev–Trinajstić information content (AvgIpc) is 2.37. The second-order valence-electron chi connectivity index (χ2n) is 5.57. The highest BCUT2D eigenvalue weighted by atomic mass is 14.9. The van der Waals surface area contributed by atoms with Gasteiger partial charge in [-0.2, -0.15) is 0 Å². The molecular weight excluding hydrogens is 220 g/mol. The van der Waals surface area contributed by atoms with E-state index in [9.17, 15) is 0 Å². The SMILES string of the molecule is CCc1cccc(CC)c1NCC1(CN)CCC1. The molecule has 0 unspecified atom stereocenters. The lowest BCUT2D eigenvalue weighted by Crippen LogP contribution is -2.43. The van der Waals surface area contributed by atoms with E-state index in [1.54, 1.807) is 0 Å². The zero-order valence-electron chi connectivity index (χ0n) is 11.8. The van der Waals surface area contributed by atoms with Crippen LogP contribution >= 0.6 is 0 Å². The Kier molecular flexibility index (Phi) is 4.28. The minimum absolute atomic E-state index is 0.367. The third kappa shape index (κ3) is 2.54. The third-order valence-electron chi connectivity index (χ3n) is 4.49. The fourth-order valence-electron chi connectivity index (χ4n) is 2.88. The van der Waals surface area contributed by atoms with E-state index in [1.807, 2.05) is 0 Å². The lowest BCUT2D eigenvalue weighted by atomic mass is 9.69. The van der Waals surface area contributed by atoms with E-state index >= 15 is 0 Å². The van der Waals surface area contributed by atoms with E-state index in [0.29, 0.717) is 5.41 Å². The van der Waals surface area contributed by atoms with Gasteiger partial charge in [0.15, 0.2) is 0 Å². The van der Waals surface area contributed by atoms with Crippen LogP contribution in [-0.2, 0) is 12.8 Å². The molecule has 1 aromatic carbocycles. The standard InChI is InChI=1S/C16H26N2/c1-3-13-7-5-8-14(4-2)15(13)18-12-16(11-17)9-6-10-16/h5,7-8,18H,3-4,6,9-12,17H2,1-2H3. The van der Waals surface area contributed by atoms with Gasteiger partial charge in [0.25, 0.3) is 0 Å². The van der Waals surface area contributed by atoms with Crippen molar-refractivity contribution in [3.05, 3.63) is 29.3 Å². The summed E-state index contributed by atoms with van der Waals surface area (Å²) in [6.45, 7) is 6.30. The number of anilines is 1. The Balaban J connectivity index is 2.12. The van der Waals surface area contributed by atoms with E-state index < -0.39 is 0 Å². The Morgan fingerprint density at radius 2 is 1.78 bits per heavy atom. The van der Waals surface area contributed by atoms with Gasteiger partial charge in [0, 0.05) is 12.2 Å². The van der Waals surface area contributed by atoms with E-state index in [2.05, 4.69) is 37.4 Å². The van der Waals surface area contributed by atoms with Crippen molar-refractivity contribution in [1.82, 2.24) is 0 Å². The minimum Gasteiger partial charge on any atom is -0.384 e. The largest absolute Gasteiger partial charge is 0.384 e. The topological polar surface area (TPSA) is 38.0 Å². The smallest absolute Gasteiger partial charge is 0.0405 e. The van der Waals surface area contributed by atoms with Crippen LogP contribution in [0.15, 0.2) is 18.2 Å². The van der Waals surface area contributed by atoms with E-state index in [0.717, 1.165) is 25.9 Å². The van der Waals surface area contributed by atoms with Crippen LogP contribution in [0, 0.1) is 5.41 Å². The number of nitrogens with two attached hydrogens (primary N) is 1. The summed E-state index contributed by atoms with van der Waals surface area (Å²) in [5, 5.41) is 3.70. The van der Waals surface area contributed by atoms with Crippen LogP contribution in [0.2, 0.25) is 0 Å². The van der Waals surface area contributed by atoms with Gasteiger partial charge >= 0.3 is 0 Å². The Morgan fingerprint density at radius 1 is 1.17 bits per heavy atom. The number of para-hydroxylation sites is 1. The molecule has 2 nitrogen and oxygen atoms in total. The highest BCUT2D eigenvalue weighted by molar-refractivity contribution is 5.58. The zero-order chi connectivity index (χ0) is 13.0. The molecule has 1 saturated carbocycles. The van der Waals surface area contributed by atoms with Gasteiger partial charge in [-0.05, 0) is 48.8 Å². The maximum atomic E-state index is 5.93. The molecule has 0 atom stereocenters. The number of hydrogen-bond donors (Lipinski definition) is 2. The maximum Gasteiger partial charge on any atom is 0.0405 e. The summed E-state index contributed by atoms with van der Waals surface area (Å²) in [7, 11) is 0. The van der Waals surface area contributed by atoms with Gasteiger partial charge in [-0.25, -0.2) is 0 Å². The monoisotopic (exact) mass is 246 g/mol. The maximum absolute atomic E-state index is 5.93.